The average molecular weight is 273 g/mol. The fourth-order valence-electron chi connectivity index (χ4n) is 2.43. The Bertz CT molecular complexity index is 622. The van der Waals surface area contributed by atoms with Crippen molar-refractivity contribution < 1.29 is 9.90 Å². The highest BCUT2D eigenvalue weighted by molar-refractivity contribution is 5.78. The Morgan fingerprint density at radius 1 is 1.30 bits per heavy atom. The summed E-state index contributed by atoms with van der Waals surface area (Å²) in [7, 11) is 0. The van der Waals surface area contributed by atoms with E-state index in [2.05, 4.69) is 15.3 Å². The number of aliphatic carboxylic acids is 1. The molecular weight excluding hydrogens is 258 g/mol. The molecule has 0 saturated carbocycles. The molecule has 0 aromatic carbocycles. The Morgan fingerprint density at radius 3 is 2.65 bits per heavy atom. The topological polar surface area (TPSA) is 84.1 Å². The standard InChI is InChI=1S/C13H15N5O2/c1-9-6-8-18(16-9)12-5-4-11(14-15-12)17-7-2-3-10(17)13(19)20/h4-6,8,10H,2-3,7H2,1H3,(H,19,20)/t10-/m1/s1. The summed E-state index contributed by atoms with van der Waals surface area (Å²) >= 11 is 0. The zero-order valence-corrected chi connectivity index (χ0v) is 11.1. The lowest BCUT2D eigenvalue weighted by Gasteiger charge is -2.21. The molecule has 7 nitrogen and oxygen atoms in total. The summed E-state index contributed by atoms with van der Waals surface area (Å²) in [6.07, 6.45) is 3.32. The van der Waals surface area contributed by atoms with Crippen molar-refractivity contribution in [2.45, 2.75) is 25.8 Å². The van der Waals surface area contributed by atoms with Crippen molar-refractivity contribution in [1.29, 1.82) is 0 Å². The number of aromatic nitrogens is 4. The van der Waals surface area contributed by atoms with Crippen LogP contribution in [0.2, 0.25) is 0 Å². The van der Waals surface area contributed by atoms with Gasteiger partial charge in [0.05, 0.1) is 5.69 Å². The molecule has 0 bridgehead atoms. The van der Waals surface area contributed by atoms with Crippen LogP contribution in [-0.2, 0) is 4.79 Å². The lowest BCUT2D eigenvalue weighted by molar-refractivity contribution is -0.138. The van der Waals surface area contributed by atoms with Crippen molar-refractivity contribution in [3.63, 3.8) is 0 Å². The average Bonchev–Trinajstić information content (AvgIpc) is 3.07. The van der Waals surface area contributed by atoms with E-state index in [-0.39, 0.29) is 0 Å². The van der Waals surface area contributed by atoms with Gasteiger partial charge in [-0.2, -0.15) is 5.10 Å². The largest absolute Gasteiger partial charge is 0.480 e. The van der Waals surface area contributed by atoms with Crippen LogP contribution >= 0.6 is 0 Å². The fourth-order valence-corrected chi connectivity index (χ4v) is 2.43. The van der Waals surface area contributed by atoms with Gasteiger partial charge in [-0.05, 0) is 38.0 Å². The van der Waals surface area contributed by atoms with Crippen molar-refractivity contribution in [1.82, 2.24) is 20.0 Å². The van der Waals surface area contributed by atoms with Crippen molar-refractivity contribution in [3.05, 3.63) is 30.1 Å². The number of nitrogens with zero attached hydrogens (tertiary/aromatic N) is 5. The van der Waals surface area contributed by atoms with Crippen LogP contribution in [0.15, 0.2) is 24.4 Å². The maximum Gasteiger partial charge on any atom is 0.326 e. The molecule has 1 fully saturated rings. The summed E-state index contributed by atoms with van der Waals surface area (Å²) in [5, 5.41) is 21.7. The van der Waals surface area contributed by atoms with E-state index in [0.717, 1.165) is 12.1 Å². The Kier molecular flexibility index (Phi) is 3.09. The quantitative estimate of drug-likeness (QED) is 0.899. The molecule has 0 spiro atoms. The van der Waals surface area contributed by atoms with Crippen molar-refractivity contribution >= 4 is 11.8 Å². The van der Waals surface area contributed by atoms with Gasteiger partial charge >= 0.3 is 5.97 Å². The van der Waals surface area contributed by atoms with Crippen LogP contribution in [0.4, 0.5) is 5.82 Å². The molecule has 2 aromatic heterocycles. The maximum atomic E-state index is 11.2. The lowest BCUT2D eigenvalue weighted by atomic mass is 10.2. The van der Waals surface area contributed by atoms with E-state index in [0.29, 0.717) is 24.6 Å². The van der Waals surface area contributed by atoms with E-state index in [1.165, 1.54) is 0 Å². The minimum Gasteiger partial charge on any atom is -0.480 e. The molecule has 0 aliphatic carbocycles. The first-order chi connectivity index (χ1) is 9.65. The van der Waals surface area contributed by atoms with Gasteiger partial charge in [0.2, 0.25) is 0 Å². The number of hydrogen-bond acceptors (Lipinski definition) is 5. The third kappa shape index (κ3) is 2.22. The first-order valence-electron chi connectivity index (χ1n) is 6.51. The van der Waals surface area contributed by atoms with E-state index < -0.39 is 12.0 Å². The monoisotopic (exact) mass is 273 g/mol. The minimum atomic E-state index is -0.809. The number of carboxylic acids is 1. The molecule has 0 amide bonds. The van der Waals surface area contributed by atoms with Crippen LogP contribution in [0.3, 0.4) is 0 Å². The van der Waals surface area contributed by atoms with Gasteiger partial charge in [0.25, 0.3) is 0 Å². The van der Waals surface area contributed by atoms with E-state index in [9.17, 15) is 9.90 Å². The van der Waals surface area contributed by atoms with Gasteiger partial charge in [0.15, 0.2) is 11.6 Å². The first kappa shape index (κ1) is 12.6. The van der Waals surface area contributed by atoms with Crippen LogP contribution in [0.5, 0.6) is 0 Å². The van der Waals surface area contributed by atoms with Gasteiger partial charge in [-0.15, -0.1) is 10.2 Å². The first-order valence-corrected chi connectivity index (χ1v) is 6.51. The zero-order chi connectivity index (χ0) is 14.1. The third-order valence-electron chi connectivity index (χ3n) is 3.43. The van der Waals surface area contributed by atoms with Gasteiger partial charge in [0, 0.05) is 12.7 Å². The lowest BCUT2D eigenvalue weighted by Crippen LogP contribution is -2.36. The summed E-state index contributed by atoms with van der Waals surface area (Å²) in [6.45, 7) is 2.60. The third-order valence-corrected chi connectivity index (χ3v) is 3.43. The van der Waals surface area contributed by atoms with Crippen LogP contribution in [-0.4, -0.2) is 43.6 Å². The van der Waals surface area contributed by atoms with Gasteiger partial charge in [-0.25, -0.2) is 9.48 Å². The highest BCUT2D eigenvalue weighted by Crippen LogP contribution is 2.23. The number of anilines is 1. The molecule has 0 unspecified atom stereocenters. The van der Waals surface area contributed by atoms with Gasteiger partial charge in [-0.1, -0.05) is 0 Å². The van der Waals surface area contributed by atoms with E-state index in [4.69, 9.17) is 0 Å². The van der Waals surface area contributed by atoms with Gasteiger partial charge < -0.3 is 10.0 Å². The van der Waals surface area contributed by atoms with Crippen molar-refractivity contribution in [3.8, 4) is 5.82 Å². The smallest absolute Gasteiger partial charge is 0.326 e. The maximum absolute atomic E-state index is 11.2. The van der Waals surface area contributed by atoms with Crippen LogP contribution < -0.4 is 4.90 Å². The molecule has 1 aliphatic rings. The van der Waals surface area contributed by atoms with E-state index in [1.807, 2.05) is 19.2 Å². The molecule has 104 valence electrons. The molecule has 1 N–H and O–H groups in total. The van der Waals surface area contributed by atoms with Crippen LogP contribution in [0, 0.1) is 6.92 Å². The second-order valence-corrected chi connectivity index (χ2v) is 4.84. The van der Waals surface area contributed by atoms with E-state index >= 15 is 0 Å². The fraction of sp³-hybridized carbons (Fsp3) is 0.385. The van der Waals surface area contributed by atoms with Crippen LogP contribution in [0.25, 0.3) is 5.82 Å². The summed E-state index contributed by atoms with van der Waals surface area (Å²) in [6, 6.07) is 4.98. The predicted octanol–water partition coefficient (Wildman–Crippen LogP) is 1.02. The second-order valence-electron chi connectivity index (χ2n) is 4.84. The molecule has 1 atom stereocenters. The molecule has 3 heterocycles. The molecule has 2 aromatic rings. The van der Waals surface area contributed by atoms with Crippen molar-refractivity contribution in [2.24, 2.45) is 0 Å². The number of rotatable bonds is 3. The molecule has 1 saturated heterocycles. The number of carbonyl (C=O) groups is 1. The number of carboxylic acid groups (broad SMARTS) is 1. The molecule has 0 radical (unpaired) electrons. The predicted molar refractivity (Wildman–Crippen MR) is 71.9 cm³/mol. The van der Waals surface area contributed by atoms with Gasteiger partial charge in [0.1, 0.15) is 6.04 Å². The van der Waals surface area contributed by atoms with Gasteiger partial charge in [-0.3, -0.25) is 0 Å². The second kappa shape index (κ2) is 4.92. The Labute approximate surface area is 115 Å². The SMILES string of the molecule is Cc1ccn(-c2ccc(N3CCC[C@@H]3C(=O)O)nn2)n1. The zero-order valence-electron chi connectivity index (χ0n) is 11.1. The summed E-state index contributed by atoms with van der Waals surface area (Å²) in [4.78, 5) is 13.0. The Morgan fingerprint density at radius 2 is 2.05 bits per heavy atom. The minimum absolute atomic E-state index is 0.498. The van der Waals surface area contributed by atoms with Crippen molar-refractivity contribution in [2.75, 3.05) is 11.4 Å². The highest BCUT2D eigenvalue weighted by Gasteiger charge is 2.31. The summed E-state index contributed by atoms with van der Waals surface area (Å²) in [5.74, 6) is 0.409. The number of hydrogen-bond donors (Lipinski definition) is 1. The molecule has 20 heavy (non-hydrogen) atoms. The molecule has 1 aliphatic heterocycles. The summed E-state index contributed by atoms with van der Waals surface area (Å²) in [5.41, 5.74) is 0.904. The Balaban J connectivity index is 1.84. The number of aryl methyl sites for hydroxylation is 1. The van der Waals surface area contributed by atoms with Crippen LogP contribution in [0.1, 0.15) is 18.5 Å². The Hall–Kier alpha value is -2.44. The normalized spacial score (nSPS) is 18.4. The van der Waals surface area contributed by atoms with E-state index in [1.54, 1.807) is 21.7 Å². The molecular formula is C13H15N5O2. The summed E-state index contributed by atoms with van der Waals surface area (Å²) < 4.78 is 1.64. The highest BCUT2D eigenvalue weighted by atomic mass is 16.4. The molecule has 7 heteroatoms. The molecule has 3 rings (SSSR count).